The van der Waals surface area contributed by atoms with Crippen LogP contribution in [0.4, 0.5) is 20.2 Å². The first kappa shape index (κ1) is 21.5. The van der Waals surface area contributed by atoms with Crippen molar-refractivity contribution in [2.24, 2.45) is 0 Å². The Morgan fingerprint density at radius 3 is 2.52 bits per heavy atom. The maximum atomic E-state index is 12.1. The number of anilines is 1. The molecule has 29 heavy (non-hydrogen) atoms. The van der Waals surface area contributed by atoms with Gasteiger partial charge in [-0.05, 0) is 36.3 Å². The van der Waals surface area contributed by atoms with Crippen LogP contribution in [0.2, 0.25) is 0 Å². The maximum Gasteiger partial charge on any atom is 0.387 e. The van der Waals surface area contributed by atoms with Crippen molar-refractivity contribution in [2.45, 2.75) is 13.5 Å². The van der Waals surface area contributed by atoms with Crippen LogP contribution in [-0.2, 0) is 14.3 Å². The number of nitro groups is 1. The van der Waals surface area contributed by atoms with Crippen LogP contribution in [0.15, 0.2) is 48.5 Å². The summed E-state index contributed by atoms with van der Waals surface area (Å²) in [5.74, 6) is -1.59. The van der Waals surface area contributed by atoms with Crippen molar-refractivity contribution in [2.75, 3.05) is 11.9 Å². The van der Waals surface area contributed by atoms with E-state index in [0.29, 0.717) is 11.1 Å². The molecule has 0 radical (unpaired) electrons. The second-order valence-corrected chi connectivity index (χ2v) is 5.66. The number of nitro benzene ring substituents is 1. The fourth-order valence-corrected chi connectivity index (χ4v) is 2.25. The maximum absolute atomic E-state index is 12.1. The van der Waals surface area contributed by atoms with Gasteiger partial charge in [0.05, 0.1) is 4.92 Å². The molecular weight excluding hydrogens is 390 g/mol. The number of carbonyl (C=O) groups excluding carboxylic acids is 2. The predicted molar refractivity (Wildman–Crippen MR) is 99.5 cm³/mol. The van der Waals surface area contributed by atoms with Gasteiger partial charge in [-0.25, -0.2) is 4.79 Å². The van der Waals surface area contributed by atoms with E-state index in [1.54, 1.807) is 13.0 Å². The summed E-state index contributed by atoms with van der Waals surface area (Å²) in [6.07, 6.45) is 2.41. The molecule has 8 nitrogen and oxygen atoms in total. The second-order valence-electron chi connectivity index (χ2n) is 5.66. The van der Waals surface area contributed by atoms with Crippen LogP contribution in [0.3, 0.4) is 0 Å². The van der Waals surface area contributed by atoms with Crippen molar-refractivity contribution in [3.8, 4) is 5.75 Å². The fraction of sp³-hybridized carbons (Fsp3) is 0.158. The number of para-hydroxylation sites is 1. The average molecular weight is 406 g/mol. The van der Waals surface area contributed by atoms with E-state index in [1.165, 1.54) is 42.5 Å². The number of benzene rings is 2. The van der Waals surface area contributed by atoms with E-state index < -0.39 is 30.0 Å². The SMILES string of the molecule is Cc1cccc([N+](=O)[O-])c1NC(=O)COC(=O)/C=C/c1ccc(OC(F)F)cc1. The Hall–Kier alpha value is -3.82. The second kappa shape index (κ2) is 9.93. The van der Waals surface area contributed by atoms with Gasteiger partial charge in [0.1, 0.15) is 11.4 Å². The number of aryl methyl sites for hydroxylation is 1. The van der Waals surface area contributed by atoms with Gasteiger partial charge >= 0.3 is 12.6 Å². The first-order valence-electron chi connectivity index (χ1n) is 8.20. The Bertz CT molecular complexity index is 929. The zero-order chi connectivity index (χ0) is 21.4. The van der Waals surface area contributed by atoms with E-state index in [2.05, 4.69) is 10.1 Å². The fourth-order valence-electron chi connectivity index (χ4n) is 2.25. The van der Waals surface area contributed by atoms with Crippen molar-refractivity contribution in [3.05, 3.63) is 69.8 Å². The van der Waals surface area contributed by atoms with Gasteiger partial charge in [0, 0.05) is 12.1 Å². The number of hydrogen-bond donors (Lipinski definition) is 1. The number of nitrogens with one attached hydrogen (secondary N) is 1. The zero-order valence-electron chi connectivity index (χ0n) is 15.1. The van der Waals surface area contributed by atoms with Gasteiger partial charge in [-0.1, -0.05) is 24.3 Å². The van der Waals surface area contributed by atoms with E-state index in [0.717, 1.165) is 6.08 Å². The number of rotatable bonds is 8. The molecule has 0 heterocycles. The number of alkyl halides is 2. The third-order valence-electron chi connectivity index (χ3n) is 3.57. The van der Waals surface area contributed by atoms with E-state index in [-0.39, 0.29) is 17.1 Å². The minimum atomic E-state index is -2.93. The molecule has 10 heteroatoms. The van der Waals surface area contributed by atoms with Crippen LogP contribution >= 0.6 is 0 Å². The first-order valence-corrected chi connectivity index (χ1v) is 8.20. The number of nitrogens with zero attached hydrogens (tertiary/aromatic N) is 1. The zero-order valence-corrected chi connectivity index (χ0v) is 15.1. The van der Waals surface area contributed by atoms with Crippen molar-refractivity contribution in [3.63, 3.8) is 0 Å². The Morgan fingerprint density at radius 1 is 1.21 bits per heavy atom. The van der Waals surface area contributed by atoms with Gasteiger partial charge in [-0.2, -0.15) is 8.78 Å². The summed E-state index contributed by atoms with van der Waals surface area (Å²) < 4.78 is 33.2. The van der Waals surface area contributed by atoms with Crippen LogP contribution in [0.5, 0.6) is 5.75 Å². The lowest BCUT2D eigenvalue weighted by Gasteiger charge is -2.08. The highest BCUT2D eigenvalue weighted by atomic mass is 19.3. The Labute approximate surface area is 163 Å². The Balaban J connectivity index is 1.88. The molecule has 0 saturated carbocycles. The van der Waals surface area contributed by atoms with Crippen molar-refractivity contribution in [1.82, 2.24) is 0 Å². The van der Waals surface area contributed by atoms with Gasteiger partial charge < -0.3 is 14.8 Å². The monoisotopic (exact) mass is 406 g/mol. The third kappa shape index (κ3) is 6.69. The minimum Gasteiger partial charge on any atom is -0.452 e. The molecular formula is C19H16F2N2O6. The summed E-state index contributed by atoms with van der Waals surface area (Å²) in [6, 6.07) is 9.83. The molecule has 0 atom stereocenters. The normalized spacial score (nSPS) is 10.8. The first-order chi connectivity index (χ1) is 13.8. The van der Waals surface area contributed by atoms with Crippen molar-refractivity contribution < 1.29 is 32.8 Å². The summed E-state index contributed by atoms with van der Waals surface area (Å²) in [5.41, 5.74) is 0.755. The van der Waals surface area contributed by atoms with E-state index >= 15 is 0 Å². The largest absolute Gasteiger partial charge is 0.452 e. The molecule has 0 bridgehead atoms. The van der Waals surface area contributed by atoms with Gasteiger partial charge in [0.15, 0.2) is 6.61 Å². The molecule has 2 rings (SSSR count). The number of carbonyl (C=O) groups is 2. The van der Waals surface area contributed by atoms with Crippen LogP contribution in [-0.4, -0.2) is 30.0 Å². The molecule has 0 unspecified atom stereocenters. The topological polar surface area (TPSA) is 108 Å². The molecule has 152 valence electrons. The number of amides is 1. The summed E-state index contributed by atoms with van der Waals surface area (Å²) in [6.45, 7) is -1.98. The number of ether oxygens (including phenoxy) is 2. The molecule has 2 aromatic carbocycles. The summed E-state index contributed by atoms with van der Waals surface area (Å²) >= 11 is 0. The molecule has 2 aromatic rings. The van der Waals surface area contributed by atoms with E-state index in [1.807, 2.05) is 0 Å². The molecule has 0 aliphatic heterocycles. The van der Waals surface area contributed by atoms with Crippen LogP contribution in [0.25, 0.3) is 6.08 Å². The van der Waals surface area contributed by atoms with Gasteiger partial charge in [-0.3, -0.25) is 14.9 Å². The number of halogens is 2. The summed E-state index contributed by atoms with van der Waals surface area (Å²) in [7, 11) is 0. The molecule has 0 saturated heterocycles. The average Bonchev–Trinajstić information content (AvgIpc) is 2.66. The third-order valence-corrected chi connectivity index (χ3v) is 3.57. The quantitative estimate of drug-likeness (QED) is 0.310. The lowest BCUT2D eigenvalue weighted by atomic mass is 10.1. The van der Waals surface area contributed by atoms with E-state index in [9.17, 15) is 28.5 Å². The Morgan fingerprint density at radius 2 is 1.90 bits per heavy atom. The highest BCUT2D eigenvalue weighted by Gasteiger charge is 2.18. The van der Waals surface area contributed by atoms with Crippen molar-refractivity contribution in [1.29, 1.82) is 0 Å². The predicted octanol–water partition coefficient (Wildman–Crippen LogP) is 3.70. The smallest absolute Gasteiger partial charge is 0.387 e. The van der Waals surface area contributed by atoms with Crippen molar-refractivity contribution >= 4 is 29.3 Å². The van der Waals surface area contributed by atoms with E-state index in [4.69, 9.17) is 4.74 Å². The lowest BCUT2D eigenvalue weighted by molar-refractivity contribution is -0.384. The molecule has 0 aliphatic rings. The van der Waals surface area contributed by atoms with Gasteiger partial charge in [-0.15, -0.1) is 0 Å². The highest BCUT2D eigenvalue weighted by molar-refractivity contribution is 5.96. The molecule has 1 N–H and O–H groups in total. The molecule has 1 amide bonds. The van der Waals surface area contributed by atoms with Crippen LogP contribution < -0.4 is 10.1 Å². The highest BCUT2D eigenvalue weighted by Crippen LogP contribution is 2.27. The van der Waals surface area contributed by atoms with Gasteiger partial charge in [0.25, 0.3) is 11.6 Å². The minimum absolute atomic E-state index is 0.0262. The molecule has 0 fully saturated rings. The van der Waals surface area contributed by atoms with Crippen LogP contribution in [0, 0.1) is 17.0 Å². The molecule has 0 spiro atoms. The number of hydrogen-bond acceptors (Lipinski definition) is 6. The van der Waals surface area contributed by atoms with Gasteiger partial charge in [0.2, 0.25) is 0 Å². The standard InChI is InChI=1S/C19H16F2N2O6/c1-12-3-2-4-15(23(26)27)18(12)22-16(24)11-28-17(25)10-7-13-5-8-14(9-6-13)29-19(20)21/h2-10,19H,11H2,1H3,(H,22,24)/b10-7+. The lowest BCUT2D eigenvalue weighted by Crippen LogP contribution is -2.21. The molecule has 0 aliphatic carbocycles. The summed E-state index contributed by atoms with van der Waals surface area (Å²) in [5, 5.41) is 13.4. The number of esters is 1. The molecule has 0 aromatic heterocycles. The van der Waals surface area contributed by atoms with Crippen LogP contribution in [0.1, 0.15) is 11.1 Å². The Kier molecular flexibility index (Phi) is 7.35. The summed E-state index contributed by atoms with van der Waals surface area (Å²) in [4.78, 5) is 34.0.